The number of aryl methyl sites for hydroxylation is 1. The minimum atomic E-state index is -1.11. The molecule has 0 radical (unpaired) electrons. The number of aromatic hydroxyl groups is 1. The highest BCUT2D eigenvalue weighted by molar-refractivity contribution is 6.55. The number of amides is 1. The van der Waals surface area contributed by atoms with Crippen molar-refractivity contribution in [2.75, 3.05) is 10.3 Å². The number of hydrogen-bond acceptors (Lipinski definition) is 5. The summed E-state index contributed by atoms with van der Waals surface area (Å²) in [4.78, 5) is 26.0. The van der Waals surface area contributed by atoms with Gasteiger partial charge in [0.15, 0.2) is 11.5 Å². The number of rotatable bonds is 7. The minimum Gasteiger partial charge on any atom is -0.505 e. The molecule has 0 saturated carbocycles. The second kappa shape index (κ2) is 10.4. The van der Waals surface area contributed by atoms with E-state index in [1.165, 1.54) is 18.2 Å². The van der Waals surface area contributed by atoms with Crippen molar-refractivity contribution in [2.45, 2.75) is 19.8 Å². The van der Waals surface area contributed by atoms with Crippen molar-refractivity contribution in [1.82, 2.24) is 0 Å². The van der Waals surface area contributed by atoms with Gasteiger partial charge in [0.1, 0.15) is 11.6 Å². The first-order valence-electron chi connectivity index (χ1n) is 12.2. The molecule has 39 heavy (non-hydrogen) atoms. The topological polar surface area (TPSA) is 102 Å². The molecule has 4 aromatic rings. The second-order valence-corrected chi connectivity index (χ2v) is 9.00. The molecule has 5 rings (SSSR count). The predicted molar refractivity (Wildman–Crippen MR) is 145 cm³/mol. The summed E-state index contributed by atoms with van der Waals surface area (Å²) in [5.74, 6) is -3.81. The van der Waals surface area contributed by atoms with Gasteiger partial charge >= 0.3 is 5.97 Å². The van der Waals surface area contributed by atoms with Gasteiger partial charge in [0, 0.05) is 22.9 Å². The third-order valence-electron chi connectivity index (χ3n) is 6.39. The summed E-state index contributed by atoms with van der Waals surface area (Å²) in [6.07, 6.45) is 1.80. The molecule has 0 atom stereocenters. The van der Waals surface area contributed by atoms with Crippen LogP contribution in [0.15, 0.2) is 84.0 Å². The smallest absolute Gasteiger partial charge is 0.335 e. The number of phenolic OH excluding ortho intramolecular Hbond substituents is 1. The van der Waals surface area contributed by atoms with Gasteiger partial charge in [0.25, 0.3) is 5.91 Å². The highest BCUT2D eigenvalue weighted by Gasteiger charge is 2.38. The number of carbonyl (C=O) groups excluding carboxylic acids is 1. The van der Waals surface area contributed by atoms with Crippen LogP contribution in [0.3, 0.4) is 0 Å². The zero-order chi connectivity index (χ0) is 27.7. The van der Waals surface area contributed by atoms with Crippen LogP contribution in [0.1, 0.15) is 34.8 Å². The number of aromatic carboxylic acids is 1. The van der Waals surface area contributed by atoms with Gasteiger partial charge in [0.05, 0.1) is 16.9 Å². The summed E-state index contributed by atoms with van der Waals surface area (Å²) in [5.41, 5.74) is 4.65. The number of benzene rings is 4. The number of nitrogens with zero attached hydrogens (tertiary/aromatic N) is 2. The maximum atomic E-state index is 15.0. The third kappa shape index (κ3) is 4.82. The predicted octanol–water partition coefficient (Wildman–Crippen LogP) is 6.48. The molecule has 0 aromatic heterocycles. The molecule has 1 aliphatic heterocycles. The van der Waals surface area contributed by atoms with Gasteiger partial charge < -0.3 is 10.2 Å². The molecule has 1 aliphatic rings. The number of carboxylic acid groups (broad SMARTS) is 1. The fourth-order valence-electron chi connectivity index (χ4n) is 4.55. The standard InChI is InChI=1S/C30H23F2N3O4/c1-2-5-17-10-12-21(13-11-17)35-27-23(15-20(31)16-24(27)32)26(29(35)37)34-33-25-9-4-8-22(28(25)36)18-6-3-7-19(14-18)30(38)39/h3-4,6-16,33,36H,2,5H2,1H3,(H,38,39). The molecule has 0 saturated heterocycles. The van der Waals surface area contributed by atoms with Gasteiger partial charge in [-0.05, 0) is 53.9 Å². The SMILES string of the molecule is CCCc1ccc(N2C(=O)C(=NNc3cccc(-c4cccc(C(=O)O)c4)c3O)c3cc(F)cc(F)c32)cc1. The van der Waals surface area contributed by atoms with Crippen molar-refractivity contribution in [1.29, 1.82) is 0 Å². The highest BCUT2D eigenvalue weighted by atomic mass is 19.1. The van der Waals surface area contributed by atoms with Gasteiger partial charge in [-0.15, -0.1) is 0 Å². The van der Waals surface area contributed by atoms with Crippen LogP contribution in [0.2, 0.25) is 0 Å². The van der Waals surface area contributed by atoms with Gasteiger partial charge in [-0.1, -0.05) is 49.7 Å². The van der Waals surface area contributed by atoms with Crippen molar-refractivity contribution in [3.8, 4) is 16.9 Å². The number of anilines is 3. The number of fused-ring (bicyclic) bond motifs is 1. The molecule has 0 aliphatic carbocycles. The Bertz CT molecular complexity index is 1630. The summed E-state index contributed by atoms with van der Waals surface area (Å²) in [5, 5.41) is 24.3. The molecule has 0 unspecified atom stereocenters. The van der Waals surface area contributed by atoms with E-state index in [1.54, 1.807) is 36.4 Å². The lowest BCUT2D eigenvalue weighted by atomic mass is 10.0. The quantitative estimate of drug-likeness (QED) is 0.189. The van der Waals surface area contributed by atoms with Crippen LogP contribution in [0.4, 0.5) is 25.8 Å². The van der Waals surface area contributed by atoms with Crippen molar-refractivity contribution >= 4 is 34.7 Å². The molecular formula is C30H23F2N3O4. The molecule has 7 nitrogen and oxygen atoms in total. The lowest BCUT2D eigenvalue weighted by Gasteiger charge is -2.18. The third-order valence-corrected chi connectivity index (χ3v) is 6.39. The molecule has 0 bridgehead atoms. The number of phenols is 1. The number of hydrogen-bond donors (Lipinski definition) is 3. The fraction of sp³-hybridized carbons (Fsp3) is 0.100. The number of halogens is 2. The molecule has 0 fully saturated rings. The van der Waals surface area contributed by atoms with Crippen LogP contribution >= 0.6 is 0 Å². The Kier molecular flexibility index (Phi) is 6.81. The van der Waals surface area contributed by atoms with E-state index in [1.807, 2.05) is 12.1 Å². The molecular weight excluding hydrogens is 504 g/mol. The first-order chi connectivity index (χ1) is 18.8. The molecule has 9 heteroatoms. The van der Waals surface area contributed by atoms with E-state index in [0.717, 1.165) is 29.4 Å². The van der Waals surface area contributed by atoms with Crippen LogP contribution in [0, 0.1) is 11.6 Å². The van der Waals surface area contributed by atoms with Crippen LogP contribution in [0.5, 0.6) is 5.75 Å². The average molecular weight is 528 g/mol. The molecule has 196 valence electrons. The van der Waals surface area contributed by atoms with Crippen LogP contribution < -0.4 is 10.3 Å². The van der Waals surface area contributed by atoms with Crippen molar-refractivity contribution in [2.24, 2.45) is 5.10 Å². The van der Waals surface area contributed by atoms with Crippen LogP contribution in [-0.4, -0.2) is 27.8 Å². The van der Waals surface area contributed by atoms with E-state index < -0.39 is 23.5 Å². The normalized spacial score (nSPS) is 13.6. The number of nitrogens with one attached hydrogen (secondary N) is 1. The summed E-state index contributed by atoms with van der Waals surface area (Å²) >= 11 is 0. The largest absolute Gasteiger partial charge is 0.505 e. The van der Waals surface area contributed by atoms with Crippen molar-refractivity contribution < 1.29 is 28.6 Å². The van der Waals surface area contributed by atoms with Gasteiger partial charge in [0.2, 0.25) is 0 Å². The van der Waals surface area contributed by atoms with E-state index in [4.69, 9.17) is 0 Å². The number of hydrazone groups is 1. The zero-order valence-electron chi connectivity index (χ0n) is 20.8. The van der Waals surface area contributed by atoms with Crippen LogP contribution in [0.25, 0.3) is 11.1 Å². The maximum Gasteiger partial charge on any atom is 0.335 e. The Morgan fingerprint density at radius 2 is 1.72 bits per heavy atom. The summed E-state index contributed by atoms with van der Waals surface area (Å²) in [7, 11) is 0. The number of para-hydroxylation sites is 1. The molecule has 1 amide bonds. The highest BCUT2D eigenvalue weighted by Crippen LogP contribution is 2.40. The van der Waals surface area contributed by atoms with Crippen molar-refractivity contribution in [3.05, 3.63) is 107 Å². The molecule has 1 heterocycles. The average Bonchev–Trinajstić information content (AvgIpc) is 3.20. The number of carbonyl (C=O) groups is 2. The van der Waals surface area contributed by atoms with E-state index >= 15 is 4.39 Å². The first-order valence-corrected chi connectivity index (χ1v) is 12.2. The molecule has 3 N–H and O–H groups in total. The Balaban J connectivity index is 1.53. The van der Waals surface area contributed by atoms with Gasteiger partial charge in [-0.2, -0.15) is 5.10 Å². The zero-order valence-corrected chi connectivity index (χ0v) is 20.8. The molecule has 4 aromatic carbocycles. The lowest BCUT2D eigenvalue weighted by molar-refractivity contribution is -0.111. The first kappa shape index (κ1) is 25.6. The summed E-state index contributed by atoms with van der Waals surface area (Å²) in [6, 6.07) is 19.6. The minimum absolute atomic E-state index is 0.0348. The van der Waals surface area contributed by atoms with E-state index in [2.05, 4.69) is 17.5 Å². The Morgan fingerprint density at radius 1 is 0.974 bits per heavy atom. The number of carboxylic acids is 1. The van der Waals surface area contributed by atoms with Crippen molar-refractivity contribution in [3.63, 3.8) is 0 Å². The Hall–Kier alpha value is -5.05. The van der Waals surface area contributed by atoms with E-state index in [-0.39, 0.29) is 34.0 Å². The van der Waals surface area contributed by atoms with Crippen LogP contribution in [-0.2, 0) is 11.2 Å². The Labute approximate surface area is 222 Å². The maximum absolute atomic E-state index is 15.0. The van der Waals surface area contributed by atoms with Gasteiger partial charge in [-0.3, -0.25) is 15.1 Å². The monoisotopic (exact) mass is 527 g/mol. The second-order valence-electron chi connectivity index (χ2n) is 9.00. The summed E-state index contributed by atoms with van der Waals surface area (Å²) in [6.45, 7) is 2.05. The lowest BCUT2D eigenvalue weighted by Crippen LogP contribution is -2.26. The van der Waals surface area contributed by atoms with E-state index in [9.17, 15) is 24.2 Å². The summed E-state index contributed by atoms with van der Waals surface area (Å²) < 4.78 is 29.2. The van der Waals surface area contributed by atoms with Gasteiger partial charge in [-0.25, -0.2) is 13.6 Å². The fourth-order valence-corrected chi connectivity index (χ4v) is 4.55. The molecule has 0 spiro atoms. The van der Waals surface area contributed by atoms with E-state index in [0.29, 0.717) is 22.9 Å². The Morgan fingerprint density at radius 3 is 2.44 bits per heavy atom.